The van der Waals surface area contributed by atoms with E-state index in [1.165, 1.54) is 11.8 Å². The van der Waals surface area contributed by atoms with E-state index in [-0.39, 0.29) is 0 Å². The summed E-state index contributed by atoms with van der Waals surface area (Å²) >= 11 is 1.51. The molecule has 16 heavy (non-hydrogen) atoms. The minimum atomic E-state index is -2.90. The molecular formula is C11H17O3PS. The molecule has 3 nitrogen and oxygen atoms in total. The van der Waals surface area contributed by atoms with Crippen molar-refractivity contribution in [1.82, 2.24) is 0 Å². The molecule has 1 atom stereocenters. The predicted molar refractivity (Wildman–Crippen MR) is 67.9 cm³/mol. The van der Waals surface area contributed by atoms with Crippen molar-refractivity contribution in [1.29, 1.82) is 0 Å². The summed E-state index contributed by atoms with van der Waals surface area (Å²) in [4.78, 5) is 9.40. The van der Waals surface area contributed by atoms with Gasteiger partial charge in [-0.3, -0.25) is 9.09 Å². The van der Waals surface area contributed by atoms with E-state index in [1.54, 1.807) is 0 Å². The number of hydrogen-bond donors (Lipinski definition) is 1. The average molecular weight is 260 g/mol. The molecule has 0 saturated heterocycles. The molecule has 1 aromatic carbocycles. The Morgan fingerprint density at radius 1 is 1.31 bits per heavy atom. The first kappa shape index (κ1) is 13.8. The maximum Gasteiger partial charge on any atom is 0.317 e. The molecule has 1 rings (SSSR count). The van der Waals surface area contributed by atoms with Crippen LogP contribution in [0.15, 0.2) is 35.2 Å². The quantitative estimate of drug-likeness (QED) is 0.481. The van der Waals surface area contributed by atoms with Gasteiger partial charge in [-0.15, -0.1) is 0 Å². The van der Waals surface area contributed by atoms with Crippen LogP contribution in [0.3, 0.4) is 0 Å². The molecule has 1 N–H and O–H groups in total. The SMILES string of the molecule is CCC(CC)(O[PH](=O)O)Sc1ccccc1. The van der Waals surface area contributed by atoms with Gasteiger partial charge >= 0.3 is 8.25 Å². The van der Waals surface area contributed by atoms with Gasteiger partial charge in [-0.25, -0.2) is 0 Å². The van der Waals surface area contributed by atoms with E-state index in [9.17, 15) is 4.57 Å². The minimum Gasteiger partial charge on any atom is -0.326 e. The van der Waals surface area contributed by atoms with Gasteiger partial charge in [0.1, 0.15) is 4.93 Å². The van der Waals surface area contributed by atoms with Crippen LogP contribution in [-0.2, 0) is 9.09 Å². The van der Waals surface area contributed by atoms with E-state index >= 15 is 0 Å². The van der Waals surface area contributed by atoms with Crippen LogP contribution in [0.2, 0.25) is 0 Å². The second kappa shape index (κ2) is 6.45. The van der Waals surface area contributed by atoms with Crippen molar-refractivity contribution in [3.63, 3.8) is 0 Å². The van der Waals surface area contributed by atoms with Crippen molar-refractivity contribution in [2.45, 2.75) is 36.5 Å². The first-order valence-electron chi connectivity index (χ1n) is 5.28. The van der Waals surface area contributed by atoms with Gasteiger partial charge < -0.3 is 4.89 Å². The summed E-state index contributed by atoms with van der Waals surface area (Å²) in [5.74, 6) is 0. The second-order valence-electron chi connectivity index (χ2n) is 3.40. The van der Waals surface area contributed by atoms with Gasteiger partial charge in [0.15, 0.2) is 0 Å². The van der Waals surface area contributed by atoms with Gasteiger partial charge in [0.25, 0.3) is 0 Å². The lowest BCUT2D eigenvalue weighted by Crippen LogP contribution is -2.23. The van der Waals surface area contributed by atoms with Gasteiger partial charge in [0, 0.05) is 4.90 Å². The molecule has 1 aromatic rings. The fourth-order valence-corrected chi connectivity index (χ4v) is 3.42. The van der Waals surface area contributed by atoms with Crippen LogP contribution >= 0.6 is 20.0 Å². The number of hydrogen-bond acceptors (Lipinski definition) is 3. The Hall–Kier alpha value is -0.280. The lowest BCUT2D eigenvalue weighted by Gasteiger charge is -2.29. The molecule has 0 fully saturated rings. The van der Waals surface area contributed by atoms with Crippen molar-refractivity contribution in [2.75, 3.05) is 0 Å². The Bertz CT molecular complexity index is 338. The highest BCUT2D eigenvalue weighted by atomic mass is 32.2. The van der Waals surface area contributed by atoms with Crippen LogP contribution in [0.25, 0.3) is 0 Å². The van der Waals surface area contributed by atoms with Crippen LogP contribution < -0.4 is 0 Å². The standard InChI is InChI=1S/C11H17O3PS/c1-3-11(4-2,14-15(12)13)16-10-8-6-5-7-9-10/h5-9,15H,3-4H2,1-2H3,(H,12,13). The summed E-state index contributed by atoms with van der Waals surface area (Å²) in [6, 6.07) is 9.78. The third kappa shape index (κ3) is 3.95. The summed E-state index contributed by atoms with van der Waals surface area (Å²) in [7, 11) is -2.90. The number of rotatable bonds is 6. The molecule has 0 aliphatic carbocycles. The summed E-state index contributed by atoms with van der Waals surface area (Å²) in [6.07, 6.45) is 1.39. The zero-order valence-corrected chi connectivity index (χ0v) is 11.3. The first-order valence-corrected chi connectivity index (χ1v) is 7.36. The Labute approximate surface area is 101 Å². The average Bonchev–Trinajstić information content (AvgIpc) is 2.29. The van der Waals surface area contributed by atoms with Crippen LogP contribution in [-0.4, -0.2) is 9.83 Å². The number of thioether (sulfide) groups is 1. The summed E-state index contributed by atoms with van der Waals surface area (Å²) in [5.41, 5.74) is 0. The van der Waals surface area contributed by atoms with Gasteiger partial charge in [-0.2, -0.15) is 0 Å². The van der Waals surface area contributed by atoms with E-state index in [4.69, 9.17) is 9.42 Å². The smallest absolute Gasteiger partial charge is 0.317 e. The maximum atomic E-state index is 10.9. The Balaban J connectivity index is 2.82. The molecular weight excluding hydrogens is 243 g/mol. The lowest BCUT2D eigenvalue weighted by molar-refractivity contribution is 0.147. The largest absolute Gasteiger partial charge is 0.326 e. The van der Waals surface area contributed by atoms with Crippen molar-refractivity contribution >= 4 is 20.0 Å². The van der Waals surface area contributed by atoms with Gasteiger partial charge in [-0.05, 0) is 25.0 Å². The van der Waals surface area contributed by atoms with Gasteiger partial charge in [-0.1, -0.05) is 43.8 Å². The highest BCUT2D eigenvalue weighted by Crippen LogP contribution is 2.44. The van der Waals surface area contributed by atoms with Crippen molar-refractivity contribution in [3.8, 4) is 0 Å². The fourth-order valence-electron chi connectivity index (χ4n) is 1.42. The molecule has 0 amide bonds. The first-order chi connectivity index (χ1) is 7.62. The molecule has 0 spiro atoms. The Morgan fingerprint density at radius 2 is 1.88 bits per heavy atom. The highest BCUT2D eigenvalue weighted by Gasteiger charge is 2.30. The fraction of sp³-hybridized carbons (Fsp3) is 0.455. The Kier molecular flexibility index (Phi) is 5.56. The molecule has 1 unspecified atom stereocenters. The number of benzene rings is 1. The molecule has 5 heteroatoms. The molecule has 0 aliphatic rings. The van der Waals surface area contributed by atoms with E-state index < -0.39 is 13.2 Å². The third-order valence-corrected chi connectivity index (χ3v) is 4.65. The molecule has 0 heterocycles. The van der Waals surface area contributed by atoms with E-state index in [0.29, 0.717) is 12.8 Å². The molecule has 0 saturated carbocycles. The van der Waals surface area contributed by atoms with Crippen LogP contribution in [0.5, 0.6) is 0 Å². The zero-order valence-electron chi connectivity index (χ0n) is 9.47. The summed E-state index contributed by atoms with van der Waals surface area (Å²) in [5, 5.41) is 0. The summed E-state index contributed by atoms with van der Waals surface area (Å²) in [6.45, 7) is 3.93. The maximum absolute atomic E-state index is 10.9. The normalized spacial score (nSPS) is 13.7. The van der Waals surface area contributed by atoms with Crippen LogP contribution in [0, 0.1) is 0 Å². The lowest BCUT2D eigenvalue weighted by atomic mass is 10.2. The van der Waals surface area contributed by atoms with Crippen molar-refractivity contribution in [2.24, 2.45) is 0 Å². The monoisotopic (exact) mass is 260 g/mol. The minimum absolute atomic E-state index is 0.591. The molecule has 0 radical (unpaired) electrons. The van der Waals surface area contributed by atoms with Crippen molar-refractivity contribution < 1.29 is 14.0 Å². The van der Waals surface area contributed by atoms with Crippen LogP contribution in [0.4, 0.5) is 0 Å². The second-order valence-corrected chi connectivity index (χ2v) is 5.56. The molecule has 0 aliphatic heterocycles. The van der Waals surface area contributed by atoms with E-state index in [0.717, 1.165) is 4.90 Å². The van der Waals surface area contributed by atoms with Crippen LogP contribution in [0.1, 0.15) is 26.7 Å². The summed E-state index contributed by atoms with van der Waals surface area (Å²) < 4.78 is 16.1. The zero-order chi connectivity index (χ0) is 12.0. The predicted octanol–water partition coefficient (Wildman–Crippen LogP) is 3.69. The van der Waals surface area contributed by atoms with Gasteiger partial charge in [0.2, 0.25) is 0 Å². The van der Waals surface area contributed by atoms with Gasteiger partial charge in [0.05, 0.1) is 0 Å². The van der Waals surface area contributed by atoms with E-state index in [1.807, 2.05) is 44.2 Å². The highest BCUT2D eigenvalue weighted by molar-refractivity contribution is 8.00. The molecule has 0 bridgehead atoms. The molecule has 90 valence electrons. The topological polar surface area (TPSA) is 46.5 Å². The van der Waals surface area contributed by atoms with Crippen molar-refractivity contribution in [3.05, 3.63) is 30.3 Å². The molecule has 0 aromatic heterocycles. The van der Waals surface area contributed by atoms with E-state index in [2.05, 4.69) is 0 Å². The third-order valence-electron chi connectivity index (χ3n) is 2.40. The Morgan fingerprint density at radius 3 is 2.31 bits per heavy atom.